The first-order valence-corrected chi connectivity index (χ1v) is 5.22. The molecule has 0 radical (unpaired) electrons. The largest absolute Gasteiger partial charge is 0.479 e. The van der Waals surface area contributed by atoms with E-state index in [0.717, 1.165) is 6.07 Å². The van der Waals surface area contributed by atoms with Gasteiger partial charge in [0.15, 0.2) is 17.7 Å². The van der Waals surface area contributed by atoms with E-state index in [0.29, 0.717) is 19.1 Å². The van der Waals surface area contributed by atoms with Crippen LogP contribution in [0.5, 0.6) is 5.75 Å². The first kappa shape index (κ1) is 13.2. The fourth-order valence-electron chi connectivity index (χ4n) is 1.33. The molecule has 0 saturated heterocycles. The monoisotopic (exact) mass is 240 g/mol. The van der Waals surface area contributed by atoms with Gasteiger partial charge in [-0.1, -0.05) is 13.3 Å². The topological polar surface area (TPSA) is 63.6 Å². The minimum Gasteiger partial charge on any atom is -0.479 e. The molecule has 0 aliphatic carbocycles. The summed E-state index contributed by atoms with van der Waals surface area (Å²) < 4.78 is 18.5. The third kappa shape index (κ3) is 3.55. The van der Waals surface area contributed by atoms with Crippen molar-refractivity contribution in [3.63, 3.8) is 0 Å². The number of aliphatic carboxylic acids is 1. The number of hydrogen-bond donors (Lipinski definition) is 1. The summed E-state index contributed by atoms with van der Waals surface area (Å²) in [6.07, 6.45) is 0.347. The Morgan fingerprint density at radius 2 is 2.29 bits per heavy atom. The number of halogens is 1. The molecule has 1 rings (SSSR count). The number of carboxylic acids is 1. The van der Waals surface area contributed by atoms with Gasteiger partial charge in [-0.05, 0) is 24.6 Å². The first-order chi connectivity index (χ1) is 8.08. The molecule has 5 heteroatoms. The summed E-state index contributed by atoms with van der Waals surface area (Å²) in [6.45, 7) is 1.81. The van der Waals surface area contributed by atoms with Crippen molar-refractivity contribution in [1.29, 1.82) is 0 Å². The van der Waals surface area contributed by atoms with E-state index < -0.39 is 17.9 Å². The molecule has 4 nitrogen and oxygen atoms in total. The minimum atomic E-state index is -1.13. The maximum Gasteiger partial charge on any atom is 0.344 e. The molecule has 0 heterocycles. The molecular weight excluding hydrogens is 227 g/mol. The zero-order valence-electron chi connectivity index (χ0n) is 9.35. The lowest BCUT2D eigenvalue weighted by atomic mass is 10.2. The number of ether oxygens (including phenoxy) is 1. The fraction of sp³-hybridized carbons (Fsp3) is 0.333. The molecule has 17 heavy (non-hydrogen) atoms. The summed E-state index contributed by atoms with van der Waals surface area (Å²) in [5.74, 6) is -2.03. The molecule has 0 spiro atoms. The van der Waals surface area contributed by atoms with Gasteiger partial charge >= 0.3 is 5.97 Å². The highest BCUT2D eigenvalue weighted by atomic mass is 19.1. The molecule has 0 aliphatic rings. The van der Waals surface area contributed by atoms with Crippen LogP contribution in [-0.4, -0.2) is 23.5 Å². The number of benzene rings is 1. The van der Waals surface area contributed by atoms with Crippen LogP contribution in [0, 0.1) is 5.82 Å². The zero-order chi connectivity index (χ0) is 12.8. The molecule has 0 amide bonds. The van der Waals surface area contributed by atoms with Crippen LogP contribution in [0.4, 0.5) is 4.39 Å². The smallest absolute Gasteiger partial charge is 0.344 e. The van der Waals surface area contributed by atoms with E-state index in [1.807, 2.05) is 6.92 Å². The van der Waals surface area contributed by atoms with Gasteiger partial charge in [0.1, 0.15) is 6.29 Å². The molecule has 1 N–H and O–H groups in total. The van der Waals surface area contributed by atoms with Crippen molar-refractivity contribution in [2.75, 3.05) is 0 Å². The third-order valence-corrected chi connectivity index (χ3v) is 2.19. The van der Waals surface area contributed by atoms with Crippen molar-refractivity contribution in [3.05, 3.63) is 29.6 Å². The normalized spacial score (nSPS) is 11.9. The number of rotatable bonds is 6. The predicted octanol–water partition coefficient (Wildman–Crippen LogP) is 2.27. The van der Waals surface area contributed by atoms with E-state index in [2.05, 4.69) is 0 Å². The molecule has 0 bridgehead atoms. The van der Waals surface area contributed by atoms with E-state index >= 15 is 0 Å². The number of carbonyl (C=O) groups is 2. The fourth-order valence-corrected chi connectivity index (χ4v) is 1.33. The van der Waals surface area contributed by atoms with Gasteiger partial charge in [0, 0.05) is 5.56 Å². The van der Waals surface area contributed by atoms with E-state index in [-0.39, 0.29) is 11.3 Å². The highest BCUT2D eigenvalue weighted by Crippen LogP contribution is 2.20. The zero-order valence-corrected chi connectivity index (χ0v) is 9.35. The van der Waals surface area contributed by atoms with E-state index in [4.69, 9.17) is 9.84 Å². The predicted molar refractivity (Wildman–Crippen MR) is 58.7 cm³/mol. The van der Waals surface area contributed by atoms with Crippen LogP contribution in [0.15, 0.2) is 18.2 Å². The molecule has 1 unspecified atom stereocenters. The van der Waals surface area contributed by atoms with Crippen LogP contribution in [0.1, 0.15) is 30.1 Å². The highest BCUT2D eigenvalue weighted by molar-refractivity contribution is 5.75. The van der Waals surface area contributed by atoms with Crippen LogP contribution < -0.4 is 4.74 Å². The van der Waals surface area contributed by atoms with Gasteiger partial charge in [0.05, 0.1) is 0 Å². The molecule has 0 fully saturated rings. The van der Waals surface area contributed by atoms with Gasteiger partial charge < -0.3 is 9.84 Å². The van der Waals surface area contributed by atoms with Gasteiger partial charge in [0.2, 0.25) is 0 Å². The summed E-state index contributed by atoms with van der Waals surface area (Å²) in [7, 11) is 0. The Bertz CT molecular complexity index is 417. The Morgan fingerprint density at radius 3 is 2.76 bits per heavy atom. The average molecular weight is 240 g/mol. The van der Waals surface area contributed by atoms with Gasteiger partial charge in [0.25, 0.3) is 0 Å². The van der Waals surface area contributed by atoms with Crippen molar-refractivity contribution in [1.82, 2.24) is 0 Å². The Kier molecular flexibility index (Phi) is 4.63. The molecule has 0 aromatic heterocycles. The second-order valence-electron chi connectivity index (χ2n) is 3.54. The summed E-state index contributed by atoms with van der Waals surface area (Å²) in [5.41, 5.74) is 0.178. The molecule has 1 atom stereocenters. The lowest BCUT2D eigenvalue weighted by Gasteiger charge is -2.14. The van der Waals surface area contributed by atoms with Crippen molar-refractivity contribution >= 4 is 12.3 Å². The van der Waals surface area contributed by atoms with Crippen molar-refractivity contribution < 1.29 is 23.8 Å². The summed E-state index contributed by atoms with van der Waals surface area (Å²) in [6, 6.07) is 3.63. The summed E-state index contributed by atoms with van der Waals surface area (Å²) in [4.78, 5) is 21.2. The number of carboxylic acid groups (broad SMARTS) is 1. The summed E-state index contributed by atoms with van der Waals surface area (Å²) in [5, 5.41) is 8.85. The Balaban J connectivity index is 2.85. The SMILES string of the molecule is CCCC(Oc1ccc(C=O)cc1F)C(=O)O. The number of carbonyl (C=O) groups excluding carboxylic acids is 1. The van der Waals surface area contributed by atoms with E-state index in [1.54, 1.807) is 0 Å². The molecule has 0 saturated carbocycles. The molecule has 1 aromatic rings. The number of aldehydes is 1. The lowest BCUT2D eigenvalue weighted by molar-refractivity contribution is -0.145. The second-order valence-corrected chi connectivity index (χ2v) is 3.54. The van der Waals surface area contributed by atoms with E-state index in [9.17, 15) is 14.0 Å². The van der Waals surface area contributed by atoms with Crippen LogP contribution in [0.3, 0.4) is 0 Å². The maximum absolute atomic E-state index is 13.4. The maximum atomic E-state index is 13.4. The minimum absolute atomic E-state index is 0.156. The Morgan fingerprint density at radius 1 is 1.59 bits per heavy atom. The highest BCUT2D eigenvalue weighted by Gasteiger charge is 2.19. The van der Waals surface area contributed by atoms with E-state index in [1.165, 1.54) is 12.1 Å². The van der Waals surface area contributed by atoms with Crippen molar-refractivity contribution in [2.24, 2.45) is 0 Å². The number of hydrogen-bond acceptors (Lipinski definition) is 3. The lowest BCUT2D eigenvalue weighted by Crippen LogP contribution is -2.27. The molecular formula is C12H13FO4. The average Bonchev–Trinajstić information content (AvgIpc) is 2.30. The summed E-state index contributed by atoms with van der Waals surface area (Å²) >= 11 is 0. The van der Waals surface area contributed by atoms with Crippen LogP contribution in [0.2, 0.25) is 0 Å². The molecule has 92 valence electrons. The van der Waals surface area contributed by atoms with Crippen LogP contribution in [0.25, 0.3) is 0 Å². The van der Waals surface area contributed by atoms with Crippen LogP contribution in [-0.2, 0) is 4.79 Å². The van der Waals surface area contributed by atoms with Gasteiger partial charge in [-0.25, -0.2) is 9.18 Å². The Labute approximate surface area is 98.0 Å². The van der Waals surface area contributed by atoms with Crippen molar-refractivity contribution in [3.8, 4) is 5.75 Å². The Hall–Kier alpha value is -1.91. The second kappa shape index (κ2) is 5.98. The van der Waals surface area contributed by atoms with Crippen molar-refractivity contribution in [2.45, 2.75) is 25.9 Å². The molecule has 0 aliphatic heterocycles. The standard InChI is InChI=1S/C12H13FO4/c1-2-3-11(12(15)16)17-10-5-4-8(7-14)6-9(10)13/h4-7,11H,2-3H2,1H3,(H,15,16). The van der Waals surface area contributed by atoms with Gasteiger partial charge in [-0.2, -0.15) is 0 Å². The van der Waals surface area contributed by atoms with Crippen LogP contribution >= 0.6 is 0 Å². The van der Waals surface area contributed by atoms with Gasteiger partial charge in [-0.15, -0.1) is 0 Å². The first-order valence-electron chi connectivity index (χ1n) is 5.22. The third-order valence-electron chi connectivity index (χ3n) is 2.19. The van der Waals surface area contributed by atoms with Gasteiger partial charge in [-0.3, -0.25) is 4.79 Å². The molecule has 1 aromatic carbocycles. The quantitative estimate of drug-likeness (QED) is 0.775.